The van der Waals surface area contributed by atoms with E-state index in [1.165, 1.54) is 5.56 Å². The molecule has 2 N–H and O–H groups in total. The molecule has 4 rings (SSSR count). The van der Waals surface area contributed by atoms with Crippen LogP contribution < -0.4 is 0 Å². The van der Waals surface area contributed by atoms with E-state index < -0.39 is 0 Å². The summed E-state index contributed by atoms with van der Waals surface area (Å²) in [7, 11) is 0. The van der Waals surface area contributed by atoms with E-state index in [1.807, 2.05) is 41.5 Å². The Labute approximate surface area is 127 Å². The number of nitrogens with zero attached hydrogens (tertiary/aromatic N) is 3. The molecule has 3 heterocycles. The second-order valence-electron chi connectivity index (χ2n) is 5.20. The van der Waals surface area contributed by atoms with Gasteiger partial charge in [-0.25, -0.2) is 0 Å². The molecule has 5 nitrogen and oxygen atoms in total. The van der Waals surface area contributed by atoms with Crippen LogP contribution in [0.15, 0.2) is 67.4 Å². The summed E-state index contributed by atoms with van der Waals surface area (Å²) >= 11 is 0. The first kappa shape index (κ1) is 12.6. The van der Waals surface area contributed by atoms with E-state index >= 15 is 0 Å². The summed E-state index contributed by atoms with van der Waals surface area (Å²) in [5, 5.41) is 11.2. The molecule has 0 aliphatic carbocycles. The van der Waals surface area contributed by atoms with Crippen LogP contribution in [0.3, 0.4) is 0 Å². The van der Waals surface area contributed by atoms with Crippen molar-refractivity contribution < 1.29 is 0 Å². The highest BCUT2D eigenvalue weighted by atomic mass is 15.3. The summed E-state index contributed by atoms with van der Waals surface area (Å²) in [5.41, 5.74) is 5.55. The van der Waals surface area contributed by atoms with E-state index in [1.54, 1.807) is 6.20 Å². The summed E-state index contributed by atoms with van der Waals surface area (Å²) in [6.45, 7) is 0.778. The Morgan fingerprint density at radius 3 is 2.68 bits per heavy atom. The number of rotatable bonds is 4. The zero-order chi connectivity index (χ0) is 14.8. The molecular weight excluding hydrogens is 274 g/mol. The smallest absolute Gasteiger partial charge is 0.0659 e. The van der Waals surface area contributed by atoms with Crippen molar-refractivity contribution in [2.24, 2.45) is 0 Å². The SMILES string of the molecule is c1ccc(Cn2cc(-c3c[nH]c(-c4cn[nH]c4)c3)cn2)cc1. The second-order valence-corrected chi connectivity index (χ2v) is 5.20. The third kappa shape index (κ3) is 2.44. The van der Waals surface area contributed by atoms with Gasteiger partial charge in [0.2, 0.25) is 0 Å². The molecule has 1 aromatic carbocycles. The van der Waals surface area contributed by atoms with Crippen molar-refractivity contribution in [2.45, 2.75) is 6.54 Å². The molecule has 0 aliphatic heterocycles. The molecule has 0 unspecified atom stereocenters. The summed E-state index contributed by atoms with van der Waals surface area (Å²) < 4.78 is 1.95. The molecular formula is C17H15N5. The quantitative estimate of drug-likeness (QED) is 0.605. The third-order valence-corrected chi connectivity index (χ3v) is 3.65. The highest BCUT2D eigenvalue weighted by molar-refractivity contribution is 5.69. The number of nitrogens with one attached hydrogen (secondary N) is 2. The molecule has 0 atom stereocenters. The molecule has 0 saturated heterocycles. The van der Waals surface area contributed by atoms with Crippen molar-refractivity contribution in [3.63, 3.8) is 0 Å². The molecule has 0 aliphatic rings. The van der Waals surface area contributed by atoms with Crippen LogP contribution in [0.2, 0.25) is 0 Å². The molecule has 0 bridgehead atoms. The minimum Gasteiger partial charge on any atom is -0.360 e. The van der Waals surface area contributed by atoms with Gasteiger partial charge in [0, 0.05) is 41.0 Å². The lowest BCUT2D eigenvalue weighted by Crippen LogP contribution is -1.98. The third-order valence-electron chi connectivity index (χ3n) is 3.65. The monoisotopic (exact) mass is 289 g/mol. The van der Waals surface area contributed by atoms with Crippen LogP contribution in [0.4, 0.5) is 0 Å². The fraction of sp³-hybridized carbons (Fsp3) is 0.0588. The maximum Gasteiger partial charge on any atom is 0.0659 e. The van der Waals surface area contributed by atoms with Crippen LogP contribution in [0.25, 0.3) is 22.4 Å². The van der Waals surface area contributed by atoms with Gasteiger partial charge in [0.15, 0.2) is 0 Å². The van der Waals surface area contributed by atoms with Gasteiger partial charge >= 0.3 is 0 Å². The van der Waals surface area contributed by atoms with Crippen molar-refractivity contribution in [1.29, 1.82) is 0 Å². The first-order valence-electron chi connectivity index (χ1n) is 7.13. The molecule has 4 aromatic rings. The van der Waals surface area contributed by atoms with Gasteiger partial charge in [0.1, 0.15) is 0 Å². The van der Waals surface area contributed by atoms with Crippen LogP contribution in [0, 0.1) is 0 Å². The van der Waals surface area contributed by atoms with E-state index in [0.717, 1.165) is 28.9 Å². The molecule has 0 amide bonds. The van der Waals surface area contributed by atoms with Gasteiger partial charge in [0.25, 0.3) is 0 Å². The van der Waals surface area contributed by atoms with Crippen molar-refractivity contribution in [3.05, 3.63) is 72.9 Å². The Hall–Kier alpha value is -3.08. The standard InChI is InChI=1S/C17H15N5/c1-2-4-13(5-3-1)11-22-12-16(10-21-22)14-6-17(18-7-14)15-8-19-20-9-15/h1-10,12,18H,11H2,(H,19,20). The highest BCUT2D eigenvalue weighted by Crippen LogP contribution is 2.25. The molecule has 22 heavy (non-hydrogen) atoms. The average Bonchev–Trinajstić information content (AvgIpc) is 3.29. The number of hydrogen-bond acceptors (Lipinski definition) is 2. The van der Waals surface area contributed by atoms with Gasteiger partial charge in [-0.2, -0.15) is 10.2 Å². The maximum absolute atomic E-state index is 4.44. The van der Waals surface area contributed by atoms with Gasteiger partial charge in [0.05, 0.1) is 18.9 Å². The van der Waals surface area contributed by atoms with Crippen LogP contribution in [0.5, 0.6) is 0 Å². The van der Waals surface area contributed by atoms with Crippen LogP contribution in [-0.4, -0.2) is 25.0 Å². The summed E-state index contributed by atoms with van der Waals surface area (Å²) in [5.74, 6) is 0. The minimum absolute atomic E-state index is 0.778. The fourth-order valence-electron chi connectivity index (χ4n) is 2.50. The fourth-order valence-corrected chi connectivity index (χ4v) is 2.50. The highest BCUT2D eigenvalue weighted by Gasteiger charge is 2.07. The normalized spacial score (nSPS) is 10.9. The summed E-state index contributed by atoms with van der Waals surface area (Å²) in [6.07, 6.45) is 9.62. The number of benzene rings is 1. The lowest BCUT2D eigenvalue weighted by molar-refractivity contribution is 0.687. The number of hydrogen-bond donors (Lipinski definition) is 2. The van der Waals surface area contributed by atoms with Crippen LogP contribution in [-0.2, 0) is 6.54 Å². The van der Waals surface area contributed by atoms with Gasteiger partial charge in [-0.15, -0.1) is 0 Å². The van der Waals surface area contributed by atoms with Crippen molar-refractivity contribution in [3.8, 4) is 22.4 Å². The van der Waals surface area contributed by atoms with Crippen molar-refractivity contribution in [1.82, 2.24) is 25.0 Å². The number of aromatic amines is 2. The maximum atomic E-state index is 4.44. The Morgan fingerprint density at radius 1 is 0.955 bits per heavy atom. The lowest BCUT2D eigenvalue weighted by Gasteiger charge is -2.00. The predicted molar refractivity (Wildman–Crippen MR) is 85.1 cm³/mol. The van der Waals surface area contributed by atoms with E-state index in [-0.39, 0.29) is 0 Å². The van der Waals surface area contributed by atoms with E-state index in [0.29, 0.717) is 0 Å². The van der Waals surface area contributed by atoms with Crippen LogP contribution in [0.1, 0.15) is 5.56 Å². The van der Waals surface area contributed by atoms with Gasteiger partial charge in [-0.3, -0.25) is 9.78 Å². The molecule has 0 saturated carbocycles. The second kappa shape index (κ2) is 5.37. The van der Waals surface area contributed by atoms with E-state index in [9.17, 15) is 0 Å². The Morgan fingerprint density at radius 2 is 1.86 bits per heavy atom. The zero-order valence-electron chi connectivity index (χ0n) is 11.9. The van der Waals surface area contributed by atoms with Crippen molar-refractivity contribution >= 4 is 0 Å². The summed E-state index contributed by atoms with van der Waals surface area (Å²) in [4.78, 5) is 3.27. The largest absolute Gasteiger partial charge is 0.360 e. The Bertz CT molecular complexity index is 856. The number of H-pyrrole nitrogens is 2. The van der Waals surface area contributed by atoms with Crippen molar-refractivity contribution in [2.75, 3.05) is 0 Å². The van der Waals surface area contributed by atoms with E-state index in [4.69, 9.17) is 0 Å². The zero-order valence-corrected chi connectivity index (χ0v) is 11.9. The lowest BCUT2D eigenvalue weighted by atomic mass is 10.1. The van der Waals surface area contributed by atoms with Gasteiger partial charge < -0.3 is 4.98 Å². The first-order valence-corrected chi connectivity index (χ1v) is 7.13. The molecule has 108 valence electrons. The Balaban J connectivity index is 1.57. The van der Waals surface area contributed by atoms with Gasteiger partial charge in [-0.1, -0.05) is 30.3 Å². The number of aromatic nitrogens is 5. The average molecular weight is 289 g/mol. The Kier molecular flexibility index (Phi) is 3.08. The molecule has 3 aromatic heterocycles. The van der Waals surface area contributed by atoms with E-state index in [2.05, 4.69) is 44.7 Å². The first-order chi connectivity index (χ1) is 10.9. The molecule has 0 fully saturated rings. The minimum atomic E-state index is 0.778. The molecule has 5 heteroatoms. The molecule has 0 spiro atoms. The molecule has 0 radical (unpaired) electrons. The van der Waals surface area contributed by atoms with Crippen LogP contribution >= 0.6 is 0 Å². The summed E-state index contributed by atoms with van der Waals surface area (Å²) in [6, 6.07) is 12.4. The topological polar surface area (TPSA) is 62.3 Å². The predicted octanol–water partition coefficient (Wildman–Crippen LogP) is 3.32. The van der Waals surface area contributed by atoms with Gasteiger partial charge in [-0.05, 0) is 11.6 Å².